The Morgan fingerprint density at radius 2 is 2.00 bits per heavy atom. The summed E-state index contributed by atoms with van der Waals surface area (Å²) < 4.78 is 23.6. The molecule has 21 heavy (non-hydrogen) atoms. The summed E-state index contributed by atoms with van der Waals surface area (Å²) in [5, 5.41) is 3.80. The van der Waals surface area contributed by atoms with Crippen molar-refractivity contribution in [2.24, 2.45) is 0 Å². The van der Waals surface area contributed by atoms with Crippen LogP contribution in [0, 0.1) is 6.92 Å². The van der Waals surface area contributed by atoms with E-state index in [9.17, 15) is 8.42 Å². The third-order valence-electron chi connectivity index (χ3n) is 2.91. The van der Waals surface area contributed by atoms with Crippen molar-refractivity contribution in [2.45, 2.75) is 18.4 Å². The van der Waals surface area contributed by atoms with Crippen LogP contribution in [-0.2, 0) is 16.4 Å². The maximum Gasteiger partial charge on any atom is 0.175 e. The fraction of sp³-hybridized carbons (Fsp3) is 0.214. The Labute approximate surface area is 134 Å². The van der Waals surface area contributed by atoms with Crippen LogP contribution in [0.2, 0.25) is 10.2 Å². The number of nitrogens with one attached hydrogen (secondary N) is 1. The second kappa shape index (κ2) is 6.22. The molecule has 0 bridgehead atoms. The average Bonchev–Trinajstić information content (AvgIpc) is 2.39. The van der Waals surface area contributed by atoms with Crippen molar-refractivity contribution >= 4 is 38.7 Å². The van der Waals surface area contributed by atoms with Crippen LogP contribution in [0.3, 0.4) is 0 Å². The Morgan fingerprint density at radius 1 is 1.29 bits per heavy atom. The molecule has 1 N–H and O–H groups in total. The van der Waals surface area contributed by atoms with Gasteiger partial charge < -0.3 is 5.32 Å². The minimum Gasteiger partial charge on any atom is -0.378 e. The van der Waals surface area contributed by atoms with Crippen LogP contribution >= 0.6 is 23.2 Å². The second-order valence-corrected chi connectivity index (χ2v) is 7.44. The van der Waals surface area contributed by atoms with E-state index in [0.29, 0.717) is 21.4 Å². The number of pyridine rings is 1. The van der Waals surface area contributed by atoms with Crippen LogP contribution in [0.15, 0.2) is 35.4 Å². The first-order chi connectivity index (χ1) is 9.79. The zero-order chi connectivity index (χ0) is 15.6. The Balaban J connectivity index is 2.34. The Kier molecular flexibility index (Phi) is 4.76. The quantitative estimate of drug-likeness (QED) is 0.858. The molecule has 0 fully saturated rings. The molecule has 2 rings (SSSR count). The molecular weight excluding hydrogens is 331 g/mol. The minimum atomic E-state index is -3.35. The van der Waals surface area contributed by atoms with Crippen LogP contribution in [0.4, 0.5) is 5.69 Å². The standard InChI is InChI=1S/C14H14Cl2N2O2S/c1-9-6-12(14(16)18-7-9)17-8-10-11(15)4-3-5-13(10)21(2,19)20/h3-7,17H,8H2,1-2H3. The first kappa shape index (κ1) is 16.1. The molecule has 0 saturated heterocycles. The van der Waals surface area contributed by atoms with E-state index in [1.54, 1.807) is 18.3 Å². The van der Waals surface area contributed by atoms with Crippen LogP contribution < -0.4 is 5.32 Å². The molecule has 1 aromatic carbocycles. The van der Waals surface area contributed by atoms with Crippen molar-refractivity contribution in [3.05, 3.63) is 51.8 Å². The molecule has 0 aliphatic carbocycles. The summed E-state index contributed by atoms with van der Waals surface area (Å²) in [5.74, 6) is 0. The summed E-state index contributed by atoms with van der Waals surface area (Å²) in [5.41, 5.74) is 2.10. The van der Waals surface area contributed by atoms with Gasteiger partial charge in [-0.05, 0) is 30.7 Å². The number of rotatable bonds is 4. The summed E-state index contributed by atoms with van der Waals surface area (Å²) in [6.45, 7) is 2.14. The molecule has 2 aromatic rings. The van der Waals surface area contributed by atoms with Gasteiger partial charge in [-0.1, -0.05) is 29.3 Å². The van der Waals surface area contributed by atoms with Gasteiger partial charge in [-0.15, -0.1) is 0 Å². The number of hydrogen-bond acceptors (Lipinski definition) is 4. The molecule has 112 valence electrons. The summed E-state index contributed by atoms with van der Waals surface area (Å²) in [6, 6.07) is 6.65. The van der Waals surface area contributed by atoms with Gasteiger partial charge in [-0.2, -0.15) is 0 Å². The highest BCUT2D eigenvalue weighted by atomic mass is 35.5. The lowest BCUT2D eigenvalue weighted by molar-refractivity contribution is 0.601. The van der Waals surface area contributed by atoms with Gasteiger partial charge in [-0.3, -0.25) is 0 Å². The van der Waals surface area contributed by atoms with E-state index < -0.39 is 9.84 Å². The Morgan fingerprint density at radius 3 is 2.67 bits per heavy atom. The van der Waals surface area contributed by atoms with Gasteiger partial charge >= 0.3 is 0 Å². The smallest absolute Gasteiger partial charge is 0.175 e. The summed E-state index contributed by atoms with van der Waals surface area (Å²) >= 11 is 12.1. The van der Waals surface area contributed by atoms with Gasteiger partial charge in [0, 0.05) is 29.6 Å². The largest absolute Gasteiger partial charge is 0.378 e. The Bertz CT molecular complexity index is 777. The van der Waals surface area contributed by atoms with Gasteiger partial charge in [0.1, 0.15) is 0 Å². The molecule has 0 saturated carbocycles. The molecule has 4 nitrogen and oxygen atoms in total. The zero-order valence-corrected chi connectivity index (χ0v) is 13.9. The van der Waals surface area contributed by atoms with Crippen molar-refractivity contribution in [3.63, 3.8) is 0 Å². The molecule has 0 atom stereocenters. The van der Waals surface area contributed by atoms with Crippen LogP contribution in [0.5, 0.6) is 0 Å². The fourth-order valence-electron chi connectivity index (χ4n) is 1.92. The molecular formula is C14H14Cl2N2O2S. The molecule has 0 unspecified atom stereocenters. The molecule has 0 aliphatic heterocycles. The molecule has 0 aliphatic rings. The highest BCUT2D eigenvalue weighted by Gasteiger charge is 2.16. The third kappa shape index (κ3) is 3.87. The van der Waals surface area contributed by atoms with Crippen LogP contribution in [0.25, 0.3) is 0 Å². The van der Waals surface area contributed by atoms with E-state index in [4.69, 9.17) is 23.2 Å². The van der Waals surface area contributed by atoms with Gasteiger partial charge in [-0.25, -0.2) is 13.4 Å². The van der Waals surface area contributed by atoms with Gasteiger partial charge in [0.05, 0.1) is 10.6 Å². The van der Waals surface area contributed by atoms with E-state index in [2.05, 4.69) is 10.3 Å². The van der Waals surface area contributed by atoms with Crippen LogP contribution in [-0.4, -0.2) is 19.7 Å². The highest BCUT2D eigenvalue weighted by Crippen LogP contribution is 2.26. The SMILES string of the molecule is Cc1cnc(Cl)c(NCc2c(Cl)cccc2S(C)(=O)=O)c1. The lowest BCUT2D eigenvalue weighted by atomic mass is 10.2. The second-order valence-electron chi connectivity index (χ2n) is 4.69. The lowest BCUT2D eigenvalue weighted by Crippen LogP contribution is -2.08. The Hall–Kier alpha value is -1.30. The van der Waals surface area contributed by atoms with Crippen molar-refractivity contribution in [1.29, 1.82) is 0 Å². The highest BCUT2D eigenvalue weighted by molar-refractivity contribution is 7.90. The number of benzene rings is 1. The van der Waals surface area contributed by atoms with Gasteiger partial charge in [0.25, 0.3) is 0 Å². The number of hydrogen-bond donors (Lipinski definition) is 1. The molecule has 0 spiro atoms. The van der Waals surface area contributed by atoms with E-state index in [0.717, 1.165) is 11.8 Å². The van der Waals surface area contributed by atoms with Crippen molar-refractivity contribution in [2.75, 3.05) is 11.6 Å². The topological polar surface area (TPSA) is 59.1 Å². The lowest BCUT2D eigenvalue weighted by Gasteiger charge is -2.13. The number of aryl methyl sites for hydroxylation is 1. The first-order valence-electron chi connectivity index (χ1n) is 6.12. The number of nitrogens with zero attached hydrogens (tertiary/aromatic N) is 1. The summed E-state index contributed by atoms with van der Waals surface area (Å²) in [7, 11) is -3.35. The maximum absolute atomic E-state index is 11.8. The number of sulfone groups is 1. The van der Waals surface area contributed by atoms with Crippen molar-refractivity contribution < 1.29 is 8.42 Å². The molecule has 0 amide bonds. The fourth-order valence-corrected chi connectivity index (χ4v) is 3.34. The van der Waals surface area contributed by atoms with E-state index in [1.165, 1.54) is 6.07 Å². The third-order valence-corrected chi connectivity index (χ3v) is 4.74. The van der Waals surface area contributed by atoms with Crippen molar-refractivity contribution in [1.82, 2.24) is 4.98 Å². The monoisotopic (exact) mass is 344 g/mol. The van der Waals surface area contributed by atoms with Gasteiger partial charge in [0.15, 0.2) is 15.0 Å². The maximum atomic E-state index is 11.8. The van der Waals surface area contributed by atoms with Gasteiger partial charge in [0.2, 0.25) is 0 Å². The molecule has 1 aromatic heterocycles. The number of anilines is 1. The minimum absolute atomic E-state index is 0.208. The van der Waals surface area contributed by atoms with E-state index in [-0.39, 0.29) is 11.4 Å². The normalized spacial score (nSPS) is 11.4. The number of halogens is 2. The molecule has 0 radical (unpaired) electrons. The number of aromatic nitrogens is 1. The van der Waals surface area contributed by atoms with Crippen molar-refractivity contribution in [3.8, 4) is 0 Å². The van der Waals surface area contributed by atoms with E-state index >= 15 is 0 Å². The molecule has 7 heteroatoms. The average molecular weight is 345 g/mol. The summed E-state index contributed by atoms with van der Waals surface area (Å²) in [4.78, 5) is 4.24. The van der Waals surface area contributed by atoms with E-state index in [1.807, 2.05) is 13.0 Å². The predicted molar refractivity (Wildman–Crippen MR) is 85.9 cm³/mol. The molecule has 1 heterocycles. The van der Waals surface area contributed by atoms with Crippen LogP contribution in [0.1, 0.15) is 11.1 Å². The zero-order valence-electron chi connectivity index (χ0n) is 11.5. The summed E-state index contributed by atoms with van der Waals surface area (Å²) in [6.07, 6.45) is 2.81. The predicted octanol–water partition coefficient (Wildman–Crippen LogP) is 3.71. The first-order valence-corrected chi connectivity index (χ1v) is 8.77.